The lowest BCUT2D eigenvalue weighted by Gasteiger charge is -2.18. The van der Waals surface area contributed by atoms with E-state index in [2.05, 4.69) is 22.4 Å². The number of amides is 1. The quantitative estimate of drug-likeness (QED) is 0.887. The zero-order valence-corrected chi connectivity index (χ0v) is 14.1. The standard InChI is InChI=1S/C17H20N2OS2/c20-15(19-16(11-5-6-11)12-7-8-12)10-22-17-18-14-4-2-1-3-13(14)9-21-17/h1-4,11-12,16H,5-10H2,(H,19,20). The number of carbonyl (C=O) groups is 1. The molecule has 5 heteroatoms. The molecule has 4 rings (SSSR count). The molecule has 3 nitrogen and oxygen atoms in total. The van der Waals surface area contributed by atoms with Gasteiger partial charge in [-0.25, -0.2) is 4.99 Å². The summed E-state index contributed by atoms with van der Waals surface area (Å²) >= 11 is 3.31. The van der Waals surface area contributed by atoms with Crippen LogP contribution >= 0.6 is 23.5 Å². The van der Waals surface area contributed by atoms with Crippen molar-refractivity contribution < 1.29 is 4.79 Å². The number of para-hydroxylation sites is 1. The van der Waals surface area contributed by atoms with E-state index < -0.39 is 0 Å². The van der Waals surface area contributed by atoms with E-state index in [9.17, 15) is 4.79 Å². The second-order valence-corrected chi connectivity index (χ2v) is 8.54. The summed E-state index contributed by atoms with van der Waals surface area (Å²) in [5.41, 5.74) is 2.34. The average molecular weight is 332 g/mol. The first-order valence-electron chi connectivity index (χ1n) is 8.01. The fraction of sp³-hybridized carbons (Fsp3) is 0.529. The van der Waals surface area contributed by atoms with E-state index in [1.807, 2.05) is 12.1 Å². The zero-order chi connectivity index (χ0) is 14.9. The predicted octanol–water partition coefficient (Wildman–Crippen LogP) is 3.96. The van der Waals surface area contributed by atoms with Crippen LogP contribution in [0.25, 0.3) is 0 Å². The lowest BCUT2D eigenvalue weighted by Crippen LogP contribution is -2.39. The maximum Gasteiger partial charge on any atom is 0.230 e. The minimum atomic E-state index is 0.177. The Morgan fingerprint density at radius 3 is 2.73 bits per heavy atom. The molecule has 0 saturated heterocycles. The van der Waals surface area contributed by atoms with Gasteiger partial charge >= 0.3 is 0 Å². The molecule has 0 unspecified atom stereocenters. The number of thioether (sulfide) groups is 2. The fourth-order valence-electron chi connectivity index (χ4n) is 2.97. The molecule has 22 heavy (non-hydrogen) atoms. The lowest BCUT2D eigenvalue weighted by molar-refractivity contribution is -0.119. The largest absolute Gasteiger partial charge is 0.352 e. The molecule has 1 aliphatic heterocycles. The monoisotopic (exact) mass is 332 g/mol. The van der Waals surface area contributed by atoms with Crippen molar-refractivity contribution in [1.29, 1.82) is 0 Å². The van der Waals surface area contributed by atoms with Crippen LogP contribution in [0.3, 0.4) is 0 Å². The van der Waals surface area contributed by atoms with Crippen LogP contribution in [-0.4, -0.2) is 22.1 Å². The highest BCUT2D eigenvalue weighted by molar-refractivity contribution is 8.38. The summed E-state index contributed by atoms with van der Waals surface area (Å²) in [5.74, 6) is 3.14. The summed E-state index contributed by atoms with van der Waals surface area (Å²) in [6, 6.07) is 8.69. The number of aliphatic imine (C=N–C) groups is 1. The van der Waals surface area contributed by atoms with Crippen LogP contribution in [0.4, 0.5) is 5.69 Å². The van der Waals surface area contributed by atoms with E-state index in [0.29, 0.717) is 11.8 Å². The number of hydrogen-bond acceptors (Lipinski definition) is 4. The summed E-state index contributed by atoms with van der Waals surface area (Å²) in [7, 11) is 0. The van der Waals surface area contributed by atoms with Crippen molar-refractivity contribution in [3.05, 3.63) is 29.8 Å². The number of hydrogen-bond donors (Lipinski definition) is 1. The Morgan fingerprint density at radius 2 is 2.00 bits per heavy atom. The van der Waals surface area contributed by atoms with Crippen molar-refractivity contribution in [1.82, 2.24) is 5.32 Å². The van der Waals surface area contributed by atoms with Crippen molar-refractivity contribution in [3.63, 3.8) is 0 Å². The summed E-state index contributed by atoms with van der Waals surface area (Å²) in [4.78, 5) is 16.9. The van der Waals surface area contributed by atoms with Gasteiger partial charge in [0.1, 0.15) is 4.38 Å². The summed E-state index contributed by atoms with van der Waals surface area (Å²) in [6.45, 7) is 0. The Bertz CT molecular complexity index is 596. The first kappa shape index (κ1) is 14.6. The van der Waals surface area contributed by atoms with E-state index in [0.717, 1.165) is 27.7 Å². The molecule has 1 aromatic rings. The zero-order valence-electron chi connectivity index (χ0n) is 12.5. The number of rotatable bonds is 5. The molecule has 2 fully saturated rings. The molecule has 0 atom stereocenters. The van der Waals surface area contributed by atoms with Crippen LogP contribution in [-0.2, 0) is 10.5 Å². The highest BCUT2D eigenvalue weighted by atomic mass is 32.2. The molecule has 2 saturated carbocycles. The lowest BCUT2D eigenvalue weighted by atomic mass is 10.1. The highest BCUT2D eigenvalue weighted by Crippen LogP contribution is 2.44. The molecule has 1 aromatic carbocycles. The Balaban J connectivity index is 1.31. The highest BCUT2D eigenvalue weighted by Gasteiger charge is 2.42. The predicted molar refractivity (Wildman–Crippen MR) is 94.7 cm³/mol. The topological polar surface area (TPSA) is 41.5 Å². The van der Waals surface area contributed by atoms with Crippen LogP contribution in [0.2, 0.25) is 0 Å². The number of nitrogens with one attached hydrogen (secondary N) is 1. The van der Waals surface area contributed by atoms with Gasteiger partial charge < -0.3 is 5.32 Å². The van der Waals surface area contributed by atoms with Gasteiger partial charge in [-0.05, 0) is 49.1 Å². The third-order valence-electron chi connectivity index (χ3n) is 4.47. The Kier molecular flexibility index (Phi) is 4.18. The molecule has 0 radical (unpaired) electrons. The molecule has 1 heterocycles. The molecule has 1 N–H and O–H groups in total. The third-order valence-corrected chi connectivity index (χ3v) is 6.71. The minimum Gasteiger partial charge on any atom is -0.352 e. The van der Waals surface area contributed by atoms with E-state index in [1.54, 1.807) is 23.5 Å². The van der Waals surface area contributed by atoms with Crippen LogP contribution in [0.5, 0.6) is 0 Å². The second kappa shape index (κ2) is 6.28. The van der Waals surface area contributed by atoms with E-state index in [-0.39, 0.29) is 5.91 Å². The molecular weight excluding hydrogens is 312 g/mol. The van der Waals surface area contributed by atoms with Crippen LogP contribution in [0.1, 0.15) is 31.2 Å². The molecule has 0 bridgehead atoms. The van der Waals surface area contributed by atoms with E-state index in [1.165, 1.54) is 31.2 Å². The van der Waals surface area contributed by atoms with Crippen molar-refractivity contribution in [2.45, 2.75) is 37.5 Å². The van der Waals surface area contributed by atoms with Crippen molar-refractivity contribution >= 4 is 39.5 Å². The molecule has 2 aliphatic carbocycles. The molecule has 116 valence electrons. The van der Waals surface area contributed by atoms with E-state index >= 15 is 0 Å². The number of carbonyl (C=O) groups excluding carboxylic acids is 1. The summed E-state index contributed by atoms with van der Waals surface area (Å²) in [6.07, 6.45) is 5.20. The van der Waals surface area contributed by atoms with Gasteiger partial charge in [-0.3, -0.25) is 4.79 Å². The van der Waals surface area contributed by atoms with Gasteiger partial charge in [0.25, 0.3) is 0 Å². The van der Waals surface area contributed by atoms with Crippen molar-refractivity contribution in [3.8, 4) is 0 Å². The Hall–Kier alpha value is -0.940. The van der Waals surface area contributed by atoms with Gasteiger partial charge in [0.2, 0.25) is 5.91 Å². The Labute approximate surface area is 139 Å². The van der Waals surface area contributed by atoms with Crippen molar-refractivity contribution in [2.24, 2.45) is 16.8 Å². The number of nitrogens with zero attached hydrogens (tertiary/aromatic N) is 1. The van der Waals surface area contributed by atoms with Gasteiger partial charge in [-0.15, -0.1) is 0 Å². The molecule has 3 aliphatic rings. The van der Waals surface area contributed by atoms with Gasteiger partial charge in [-0.1, -0.05) is 41.7 Å². The van der Waals surface area contributed by atoms with Gasteiger partial charge in [0, 0.05) is 11.8 Å². The summed E-state index contributed by atoms with van der Waals surface area (Å²) < 4.78 is 1.02. The van der Waals surface area contributed by atoms with Gasteiger partial charge in [0.15, 0.2) is 0 Å². The van der Waals surface area contributed by atoms with Gasteiger partial charge in [-0.2, -0.15) is 0 Å². The molecule has 0 aromatic heterocycles. The summed E-state index contributed by atoms with van der Waals surface area (Å²) in [5, 5.41) is 3.28. The first-order chi connectivity index (χ1) is 10.8. The number of fused-ring (bicyclic) bond motifs is 1. The first-order valence-corrected chi connectivity index (χ1v) is 9.98. The number of benzene rings is 1. The van der Waals surface area contributed by atoms with Crippen molar-refractivity contribution in [2.75, 3.05) is 5.75 Å². The average Bonchev–Trinajstić information content (AvgIpc) is 3.43. The Morgan fingerprint density at radius 1 is 1.27 bits per heavy atom. The fourth-order valence-corrected chi connectivity index (χ4v) is 4.85. The maximum absolute atomic E-state index is 12.2. The van der Waals surface area contributed by atoms with Crippen LogP contribution in [0.15, 0.2) is 29.3 Å². The normalized spacial score (nSPS) is 20.5. The second-order valence-electron chi connectivity index (χ2n) is 6.35. The smallest absolute Gasteiger partial charge is 0.230 e. The molecule has 0 spiro atoms. The molecule has 1 amide bonds. The molecular formula is C17H20N2OS2. The van der Waals surface area contributed by atoms with Crippen LogP contribution in [0, 0.1) is 11.8 Å². The minimum absolute atomic E-state index is 0.177. The van der Waals surface area contributed by atoms with Crippen LogP contribution < -0.4 is 5.32 Å². The SMILES string of the molecule is O=C(CSC1=Nc2ccccc2CS1)NC(C1CC1)C1CC1. The van der Waals surface area contributed by atoms with Gasteiger partial charge in [0.05, 0.1) is 11.4 Å². The third kappa shape index (κ3) is 3.51. The maximum atomic E-state index is 12.2. The van der Waals surface area contributed by atoms with E-state index in [4.69, 9.17) is 0 Å².